The number of aliphatic carboxylic acids is 1. The average Bonchev–Trinajstić information content (AvgIpc) is 3.22. The van der Waals surface area contributed by atoms with Crippen molar-refractivity contribution in [3.63, 3.8) is 0 Å². The maximum Gasteiger partial charge on any atom is 0.310 e. The fourth-order valence-corrected chi connectivity index (χ4v) is 4.32. The van der Waals surface area contributed by atoms with Crippen LogP contribution in [0.3, 0.4) is 0 Å². The predicted molar refractivity (Wildman–Crippen MR) is 109 cm³/mol. The van der Waals surface area contributed by atoms with Crippen molar-refractivity contribution in [2.45, 2.75) is 38.6 Å². The Morgan fingerprint density at radius 2 is 2.08 bits per heavy atom. The summed E-state index contributed by atoms with van der Waals surface area (Å²) in [6.45, 7) is 4.77. The van der Waals surface area contributed by atoms with Gasteiger partial charge >= 0.3 is 5.97 Å². The first kappa shape index (κ1) is 19.0. The Morgan fingerprint density at radius 3 is 2.73 bits per heavy atom. The molecule has 1 aliphatic rings. The summed E-state index contributed by atoms with van der Waals surface area (Å²) in [7, 11) is 0. The summed E-state index contributed by atoms with van der Waals surface area (Å²) in [5.41, 5.74) is 5.08. The zero-order valence-corrected chi connectivity index (χ0v) is 16.3. The number of carboxylic acid groups (broad SMARTS) is 1. The molecular formula is C20H22Cl2N2O2. The van der Waals surface area contributed by atoms with Crippen LogP contribution in [-0.4, -0.2) is 22.6 Å². The lowest BCUT2D eigenvalue weighted by Crippen LogP contribution is -2.19. The van der Waals surface area contributed by atoms with Crippen molar-refractivity contribution in [2.75, 3.05) is 6.54 Å². The third kappa shape index (κ3) is 2.96. The molecule has 3 aromatic rings. The van der Waals surface area contributed by atoms with E-state index in [1.165, 1.54) is 0 Å². The smallest absolute Gasteiger partial charge is 0.310 e. The van der Waals surface area contributed by atoms with Crippen molar-refractivity contribution < 1.29 is 9.90 Å². The molecule has 0 saturated carbocycles. The molecule has 1 aromatic heterocycles. The molecule has 0 radical (unpaired) electrons. The van der Waals surface area contributed by atoms with Crippen molar-refractivity contribution in [3.8, 4) is 0 Å². The number of nitrogens with one attached hydrogen (secondary N) is 2. The van der Waals surface area contributed by atoms with Crippen molar-refractivity contribution in [3.05, 3.63) is 46.0 Å². The number of carbonyl (C=O) groups is 1. The van der Waals surface area contributed by atoms with E-state index in [0.29, 0.717) is 5.02 Å². The number of aromatic nitrogens is 1. The molecule has 2 unspecified atom stereocenters. The van der Waals surface area contributed by atoms with Gasteiger partial charge in [0.05, 0.1) is 5.92 Å². The highest BCUT2D eigenvalue weighted by Gasteiger charge is 2.28. The molecule has 138 valence electrons. The molecule has 1 aliphatic heterocycles. The van der Waals surface area contributed by atoms with Crippen LogP contribution < -0.4 is 5.32 Å². The Morgan fingerprint density at radius 1 is 1.31 bits per heavy atom. The number of hydrogen-bond acceptors (Lipinski definition) is 2. The third-order valence-electron chi connectivity index (χ3n) is 5.43. The fraction of sp³-hybridized carbons (Fsp3) is 0.350. The van der Waals surface area contributed by atoms with E-state index in [1.54, 1.807) is 6.92 Å². The molecule has 4 rings (SSSR count). The first-order valence-corrected chi connectivity index (χ1v) is 9.05. The first-order valence-electron chi connectivity index (χ1n) is 8.68. The number of halogens is 2. The number of benzene rings is 2. The van der Waals surface area contributed by atoms with Crippen molar-refractivity contribution >= 4 is 51.8 Å². The van der Waals surface area contributed by atoms with Crippen molar-refractivity contribution in [1.29, 1.82) is 0 Å². The molecule has 4 nitrogen and oxygen atoms in total. The Labute approximate surface area is 163 Å². The van der Waals surface area contributed by atoms with Gasteiger partial charge in [0, 0.05) is 32.9 Å². The summed E-state index contributed by atoms with van der Waals surface area (Å²) in [6, 6.07) is 8.19. The number of rotatable bonds is 3. The third-order valence-corrected chi connectivity index (χ3v) is 5.66. The highest BCUT2D eigenvalue weighted by atomic mass is 35.5. The molecule has 0 amide bonds. The lowest BCUT2D eigenvalue weighted by molar-refractivity contribution is -0.138. The lowest BCUT2D eigenvalue weighted by atomic mass is 9.86. The summed E-state index contributed by atoms with van der Waals surface area (Å²) in [4.78, 5) is 15.2. The molecule has 2 heterocycles. The van der Waals surface area contributed by atoms with Crippen LogP contribution in [0.2, 0.25) is 5.02 Å². The number of hydrogen-bond donors (Lipinski definition) is 3. The molecule has 2 aromatic carbocycles. The number of aryl methyl sites for hydroxylation is 1. The zero-order valence-electron chi connectivity index (χ0n) is 14.7. The van der Waals surface area contributed by atoms with Crippen LogP contribution in [0, 0.1) is 6.92 Å². The molecule has 26 heavy (non-hydrogen) atoms. The minimum atomic E-state index is -0.791. The number of fused-ring (bicyclic) bond motifs is 3. The molecule has 3 N–H and O–H groups in total. The van der Waals surface area contributed by atoms with Crippen LogP contribution in [-0.2, 0) is 4.79 Å². The normalized spacial score (nSPS) is 18.2. The maximum atomic E-state index is 11.7. The monoisotopic (exact) mass is 392 g/mol. The van der Waals surface area contributed by atoms with Gasteiger partial charge in [0.15, 0.2) is 0 Å². The Hall–Kier alpha value is -1.75. The van der Waals surface area contributed by atoms with Gasteiger partial charge in [0.2, 0.25) is 0 Å². The van der Waals surface area contributed by atoms with Crippen LogP contribution in [0.25, 0.3) is 21.8 Å². The van der Waals surface area contributed by atoms with Gasteiger partial charge < -0.3 is 15.4 Å². The van der Waals surface area contributed by atoms with E-state index in [0.717, 1.165) is 57.9 Å². The summed E-state index contributed by atoms with van der Waals surface area (Å²) in [6.07, 6.45) is 2.15. The minimum absolute atomic E-state index is 0. The molecule has 0 bridgehead atoms. The van der Waals surface area contributed by atoms with Gasteiger partial charge in [0.1, 0.15) is 0 Å². The highest BCUT2D eigenvalue weighted by molar-refractivity contribution is 6.31. The quantitative estimate of drug-likeness (QED) is 0.565. The maximum absolute atomic E-state index is 11.7. The lowest BCUT2D eigenvalue weighted by Gasteiger charge is -2.22. The summed E-state index contributed by atoms with van der Waals surface area (Å²) in [5, 5.41) is 16.0. The van der Waals surface area contributed by atoms with E-state index < -0.39 is 11.9 Å². The van der Waals surface area contributed by atoms with Crippen LogP contribution in [0.5, 0.6) is 0 Å². The van der Waals surface area contributed by atoms with E-state index in [9.17, 15) is 9.90 Å². The van der Waals surface area contributed by atoms with Gasteiger partial charge in [-0.15, -0.1) is 12.4 Å². The van der Waals surface area contributed by atoms with Gasteiger partial charge in [-0.05, 0) is 74.2 Å². The fourth-order valence-electron chi connectivity index (χ4n) is 4.15. The second-order valence-corrected chi connectivity index (χ2v) is 7.39. The molecule has 6 heteroatoms. The molecule has 2 atom stereocenters. The van der Waals surface area contributed by atoms with Gasteiger partial charge in [-0.2, -0.15) is 0 Å². The first-order chi connectivity index (χ1) is 12.0. The number of carboxylic acids is 1. The van der Waals surface area contributed by atoms with Gasteiger partial charge in [-0.1, -0.05) is 11.6 Å². The van der Waals surface area contributed by atoms with Crippen LogP contribution in [0.15, 0.2) is 24.3 Å². The second kappa shape index (κ2) is 7.10. The van der Waals surface area contributed by atoms with E-state index >= 15 is 0 Å². The summed E-state index contributed by atoms with van der Waals surface area (Å²) < 4.78 is 0. The predicted octanol–water partition coefficient (Wildman–Crippen LogP) is 5.32. The standard InChI is InChI=1S/C20H21ClN2O2.ClH/c1-10-18(11(2)20(24)25)15(16-4-3-7-22-16)9-14-13-8-12(21)5-6-17(13)23-19(10)14;/h5-6,8-9,11,16,22-23H,3-4,7H2,1-2H3,(H,24,25);1H. The molecular weight excluding hydrogens is 371 g/mol. The van der Waals surface area contributed by atoms with E-state index in [2.05, 4.69) is 16.4 Å². The average molecular weight is 393 g/mol. The molecule has 1 fully saturated rings. The summed E-state index contributed by atoms with van der Waals surface area (Å²) in [5.74, 6) is -1.34. The van der Waals surface area contributed by atoms with Crippen molar-refractivity contribution in [1.82, 2.24) is 10.3 Å². The van der Waals surface area contributed by atoms with Gasteiger partial charge in [-0.3, -0.25) is 4.79 Å². The number of aromatic amines is 1. The molecule has 1 saturated heterocycles. The Bertz CT molecular complexity index is 991. The van der Waals surface area contributed by atoms with Crippen LogP contribution >= 0.6 is 24.0 Å². The molecule has 0 spiro atoms. The van der Waals surface area contributed by atoms with Crippen LogP contribution in [0.4, 0.5) is 0 Å². The van der Waals surface area contributed by atoms with E-state index in [4.69, 9.17) is 11.6 Å². The highest BCUT2D eigenvalue weighted by Crippen LogP contribution is 2.39. The second-order valence-electron chi connectivity index (χ2n) is 6.95. The Balaban J connectivity index is 0.00000196. The van der Waals surface area contributed by atoms with Gasteiger partial charge in [0.25, 0.3) is 0 Å². The van der Waals surface area contributed by atoms with E-state index in [1.807, 2.05) is 25.1 Å². The largest absolute Gasteiger partial charge is 0.481 e. The van der Waals surface area contributed by atoms with Crippen molar-refractivity contribution in [2.24, 2.45) is 0 Å². The zero-order chi connectivity index (χ0) is 17.7. The topological polar surface area (TPSA) is 65.1 Å². The van der Waals surface area contributed by atoms with Crippen LogP contribution in [0.1, 0.15) is 48.4 Å². The summed E-state index contributed by atoms with van der Waals surface area (Å²) >= 11 is 6.20. The molecule has 0 aliphatic carbocycles. The van der Waals surface area contributed by atoms with Gasteiger partial charge in [-0.25, -0.2) is 0 Å². The minimum Gasteiger partial charge on any atom is -0.481 e. The Kier molecular flexibility index (Phi) is 5.20. The number of H-pyrrole nitrogens is 1. The van der Waals surface area contributed by atoms with E-state index in [-0.39, 0.29) is 18.4 Å². The SMILES string of the molecule is Cc1c(C(C)C(=O)O)c(C2CCCN2)cc2c1[nH]c1ccc(Cl)cc12.Cl.